The van der Waals surface area contributed by atoms with E-state index in [-0.39, 0.29) is 62.6 Å². The Hall–Kier alpha value is -3.28. The van der Waals surface area contributed by atoms with Crippen LogP contribution in [-0.2, 0) is 14.4 Å². The predicted molar refractivity (Wildman–Crippen MR) is 124 cm³/mol. The van der Waals surface area contributed by atoms with Crippen LogP contribution >= 0.6 is 0 Å². The average molecular weight is 493 g/mol. The Morgan fingerprint density at radius 1 is 1.03 bits per heavy atom. The first-order valence-electron chi connectivity index (χ1n) is 10.4. The van der Waals surface area contributed by atoms with Gasteiger partial charge in [0.2, 0.25) is 11.8 Å². The number of primary amides is 1. The van der Waals surface area contributed by atoms with E-state index in [1.54, 1.807) is 67.6 Å². The Morgan fingerprint density at radius 2 is 1.60 bits per heavy atom. The van der Waals surface area contributed by atoms with Crippen LogP contribution in [0.5, 0.6) is 5.75 Å². The molecule has 4 N–H and O–H groups in total. The fourth-order valence-corrected chi connectivity index (χ4v) is 2.76. The smallest absolute Gasteiger partial charge is 1.00 e. The summed E-state index contributed by atoms with van der Waals surface area (Å²) in [6, 6.07) is 12.0. The first kappa shape index (κ1) is 29.8. The van der Waals surface area contributed by atoms with E-state index in [0.29, 0.717) is 22.6 Å². The molecular weight excluding hydrogens is 465 g/mol. The maximum Gasteiger partial charge on any atom is 1.00 e. The molecule has 182 valence electrons. The standard InChI is InChI=1S/C23H27N5O6.Na.H/c1-28(2)27-26-17-7-3-15(4-8-17)22(31)16-5-9-18(10-6-16)34-14-13-21(30)25-19(23(32)33)11-12-20(24)29;;/h3-10,19H,11-14H2,1-2H3,(H2,24,29)(H,25,30)(H,32,33);;/q;+1;-1. The predicted octanol–water partition coefficient (Wildman–Crippen LogP) is -0.802. The third kappa shape index (κ3) is 10.7. The van der Waals surface area contributed by atoms with Gasteiger partial charge in [-0.05, 0) is 55.0 Å². The van der Waals surface area contributed by atoms with E-state index in [9.17, 15) is 19.2 Å². The Morgan fingerprint density at radius 3 is 2.11 bits per heavy atom. The van der Waals surface area contributed by atoms with Crippen LogP contribution in [0, 0.1) is 0 Å². The maximum absolute atomic E-state index is 12.7. The van der Waals surface area contributed by atoms with Gasteiger partial charge in [0.1, 0.15) is 11.8 Å². The van der Waals surface area contributed by atoms with E-state index < -0.39 is 23.8 Å². The van der Waals surface area contributed by atoms with E-state index >= 15 is 0 Å². The number of carbonyl (C=O) groups excluding carboxylic acids is 3. The number of hydrogen-bond donors (Lipinski definition) is 3. The van der Waals surface area contributed by atoms with Gasteiger partial charge in [-0.2, -0.15) is 0 Å². The van der Waals surface area contributed by atoms with Crippen molar-refractivity contribution in [1.82, 2.24) is 10.3 Å². The van der Waals surface area contributed by atoms with Crippen LogP contribution in [0.25, 0.3) is 0 Å². The number of nitrogens with zero attached hydrogens (tertiary/aromatic N) is 3. The molecular formula is C23H28N5NaO6. The second kappa shape index (κ2) is 14.9. The van der Waals surface area contributed by atoms with E-state index in [1.165, 1.54) is 0 Å². The molecule has 0 aliphatic carbocycles. The van der Waals surface area contributed by atoms with Crippen molar-refractivity contribution < 1.29 is 60.0 Å². The van der Waals surface area contributed by atoms with E-state index in [2.05, 4.69) is 15.7 Å². The van der Waals surface area contributed by atoms with Crippen molar-refractivity contribution in [1.29, 1.82) is 0 Å². The second-order valence-electron chi connectivity index (χ2n) is 7.50. The molecule has 0 bridgehead atoms. The number of ether oxygens (including phenoxy) is 1. The van der Waals surface area contributed by atoms with Gasteiger partial charge in [-0.25, -0.2) is 4.79 Å². The van der Waals surface area contributed by atoms with Crippen molar-refractivity contribution in [2.75, 3.05) is 20.7 Å². The molecule has 0 saturated heterocycles. The number of carbonyl (C=O) groups is 4. The largest absolute Gasteiger partial charge is 1.00 e. The van der Waals surface area contributed by atoms with Crippen LogP contribution in [0.1, 0.15) is 36.6 Å². The third-order valence-electron chi connectivity index (χ3n) is 4.50. The molecule has 0 aliphatic heterocycles. The number of amides is 2. The van der Waals surface area contributed by atoms with E-state index in [0.717, 1.165) is 0 Å². The number of carboxylic acids is 1. The molecule has 11 nitrogen and oxygen atoms in total. The maximum atomic E-state index is 12.7. The second-order valence-corrected chi connectivity index (χ2v) is 7.50. The molecule has 0 aromatic heterocycles. The Bertz CT molecular complexity index is 1050. The van der Waals surface area contributed by atoms with Crippen LogP contribution in [0.4, 0.5) is 5.69 Å². The minimum Gasteiger partial charge on any atom is -1.00 e. The summed E-state index contributed by atoms with van der Waals surface area (Å²) >= 11 is 0. The molecule has 2 aromatic carbocycles. The fourth-order valence-electron chi connectivity index (χ4n) is 2.76. The van der Waals surface area contributed by atoms with Gasteiger partial charge in [-0.1, -0.05) is 5.22 Å². The molecule has 1 atom stereocenters. The monoisotopic (exact) mass is 493 g/mol. The zero-order valence-corrected chi connectivity index (χ0v) is 21.9. The summed E-state index contributed by atoms with van der Waals surface area (Å²) in [7, 11) is 3.51. The zero-order valence-electron chi connectivity index (χ0n) is 20.9. The molecule has 1 unspecified atom stereocenters. The Balaban J connectivity index is 0.00000612. The Labute approximate surface area is 226 Å². The van der Waals surface area contributed by atoms with E-state index in [1.807, 2.05) is 0 Å². The molecule has 2 rings (SSSR count). The summed E-state index contributed by atoms with van der Waals surface area (Å²) in [6.07, 6.45) is -0.321. The zero-order chi connectivity index (χ0) is 25.1. The van der Waals surface area contributed by atoms with Crippen molar-refractivity contribution in [3.8, 4) is 5.75 Å². The van der Waals surface area contributed by atoms with Gasteiger partial charge >= 0.3 is 35.5 Å². The van der Waals surface area contributed by atoms with Gasteiger partial charge in [-0.3, -0.25) is 19.4 Å². The number of ketones is 1. The van der Waals surface area contributed by atoms with Gasteiger partial charge in [-0.15, -0.1) is 5.11 Å². The van der Waals surface area contributed by atoms with Gasteiger partial charge in [0.05, 0.1) is 18.7 Å². The number of benzene rings is 2. The molecule has 2 aromatic rings. The van der Waals surface area contributed by atoms with Gasteiger partial charge in [0.15, 0.2) is 5.78 Å². The fraction of sp³-hybridized carbons (Fsp3) is 0.304. The molecule has 2 amide bonds. The molecule has 0 saturated carbocycles. The summed E-state index contributed by atoms with van der Waals surface area (Å²) in [5.41, 5.74) is 6.60. The number of hydrogen-bond acceptors (Lipinski definition) is 7. The summed E-state index contributed by atoms with van der Waals surface area (Å²) in [5.74, 6) is -2.14. The van der Waals surface area contributed by atoms with Crippen molar-refractivity contribution >= 4 is 29.3 Å². The summed E-state index contributed by atoms with van der Waals surface area (Å²) in [6.45, 7) is 0.00422. The third-order valence-corrected chi connectivity index (χ3v) is 4.50. The van der Waals surface area contributed by atoms with Crippen LogP contribution in [-0.4, -0.2) is 60.4 Å². The normalized spacial score (nSPS) is 11.3. The van der Waals surface area contributed by atoms with Gasteiger partial charge in [0.25, 0.3) is 0 Å². The molecule has 0 fully saturated rings. The minimum atomic E-state index is -1.25. The quantitative estimate of drug-likeness (QED) is 0.142. The van der Waals surface area contributed by atoms with Crippen LogP contribution in [0.2, 0.25) is 0 Å². The summed E-state index contributed by atoms with van der Waals surface area (Å²) in [4.78, 5) is 46.6. The van der Waals surface area contributed by atoms with Crippen LogP contribution in [0.15, 0.2) is 58.9 Å². The molecule has 35 heavy (non-hydrogen) atoms. The topological polar surface area (TPSA) is 164 Å². The van der Waals surface area contributed by atoms with Crippen molar-refractivity contribution in [2.45, 2.75) is 25.3 Å². The van der Waals surface area contributed by atoms with Gasteiger partial charge < -0.3 is 22.3 Å². The van der Waals surface area contributed by atoms with Gasteiger partial charge in [0, 0.05) is 31.6 Å². The number of nitrogens with two attached hydrogens (primary N) is 1. The number of nitrogens with one attached hydrogen (secondary N) is 1. The molecule has 0 radical (unpaired) electrons. The molecule has 0 spiro atoms. The number of aliphatic carboxylic acids is 1. The molecule has 0 heterocycles. The minimum absolute atomic E-state index is 0. The number of rotatable bonds is 13. The first-order chi connectivity index (χ1) is 16.2. The van der Waals surface area contributed by atoms with Crippen molar-refractivity contribution in [2.24, 2.45) is 16.1 Å². The van der Waals surface area contributed by atoms with Crippen molar-refractivity contribution in [3.05, 3.63) is 59.7 Å². The Kier molecular flexibility index (Phi) is 12.6. The van der Waals surface area contributed by atoms with Crippen molar-refractivity contribution in [3.63, 3.8) is 0 Å². The van der Waals surface area contributed by atoms with Crippen LogP contribution < -0.4 is 45.3 Å². The summed E-state index contributed by atoms with van der Waals surface area (Å²) < 4.78 is 5.50. The molecule has 0 aliphatic rings. The average Bonchev–Trinajstić information content (AvgIpc) is 2.80. The first-order valence-corrected chi connectivity index (χ1v) is 10.4. The summed E-state index contributed by atoms with van der Waals surface area (Å²) in [5, 5.41) is 20.9. The van der Waals surface area contributed by atoms with E-state index in [4.69, 9.17) is 15.6 Å². The molecule has 12 heteroatoms. The number of carboxylic acid groups (broad SMARTS) is 1. The SMILES string of the molecule is CN(C)N=Nc1ccc(C(=O)c2ccc(OCCC(=O)NC(CCC(N)=O)C(=O)O)cc2)cc1.[H-].[Na+]. The van der Waals surface area contributed by atoms with Crippen LogP contribution in [0.3, 0.4) is 0 Å².